The molecule has 0 aromatic carbocycles. The summed E-state index contributed by atoms with van der Waals surface area (Å²) in [6.07, 6.45) is 7.00. The number of halogens is 1. The predicted molar refractivity (Wildman–Crippen MR) is 79.5 cm³/mol. The van der Waals surface area contributed by atoms with Gasteiger partial charge < -0.3 is 15.2 Å². The molecule has 3 aliphatic rings. The van der Waals surface area contributed by atoms with Crippen LogP contribution in [-0.4, -0.2) is 33.6 Å². The van der Waals surface area contributed by atoms with Gasteiger partial charge in [0.05, 0.1) is 24.4 Å². The van der Waals surface area contributed by atoms with Crippen LogP contribution in [0.2, 0.25) is 5.15 Å². The third-order valence-corrected chi connectivity index (χ3v) is 5.28. The molecular weight excluding hydrogens is 290 g/mol. The van der Waals surface area contributed by atoms with Crippen molar-refractivity contribution in [2.75, 3.05) is 5.32 Å². The monoisotopic (exact) mass is 309 g/mol. The number of aliphatic hydroxyl groups excluding tert-OH is 1. The van der Waals surface area contributed by atoms with Crippen molar-refractivity contribution in [3.8, 4) is 0 Å². The van der Waals surface area contributed by atoms with Gasteiger partial charge in [0.2, 0.25) is 0 Å². The van der Waals surface area contributed by atoms with Crippen LogP contribution < -0.4 is 5.32 Å². The second kappa shape index (κ2) is 5.38. The highest BCUT2D eigenvalue weighted by atomic mass is 35.5. The van der Waals surface area contributed by atoms with Crippen LogP contribution in [0.25, 0.3) is 0 Å². The average molecular weight is 310 g/mol. The van der Waals surface area contributed by atoms with Crippen LogP contribution in [0.5, 0.6) is 0 Å². The molecule has 114 valence electrons. The van der Waals surface area contributed by atoms with E-state index in [0.717, 1.165) is 61.9 Å². The van der Waals surface area contributed by atoms with Crippen LogP contribution in [0.3, 0.4) is 0 Å². The van der Waals surface area contributed by atoms with E-state index in [4.69, 9.17) is 16.3 Å². The molecule has 0 radical (unpaired) electrons. The van der Waals surface area contributed by atoms with E-state index in [9.17, 15) is 5.11 Å². The lowest BCUT2D eigenvalue weighted by molar-refractivity contribution is 0.0322. The van der Waals surface area contributed by atoms with Gasteiger partial charge in [-0.15, -0.1) is 10.2 Å². The Kier molecular flexibility index (Phi) is 3.52. The number of ether oxygens (including phenoxy) is 1. The molecule has 2 N–H and O–H groups in total. The number of fused-ring (bicyclic) bond motifs is 4. The maximum Gasteiger partial charge on any atom is 0.155 e. The van der Waals surface area contributed by atoms with E-state index in [1.165, 1.54) is 0 Å². The summed E-state index contributed by atoms with van der Waals surface area (Å²) in [5.41, 5.74) is 2.15. The van der Waals surface area contributed by atoms with E-state index in [1.54, 1.807) is 0 Å². The summed E-state index contributed by atoms with van der Waals surface area (Å²) in [6.45, 7) is 0. The summed E-state index contributed by atoms with van der Waals surface area (Å²) >= 11 is 6.24. The van der Waals surface area contributed by atoms with Gasteiger partial charge in [-0.1, -0.05) is 24.4 Å². The second-order valence-electron chi connectivity index (χ2n) is 6.36. The Balaban J connectivity index is 1.67. The van der Waals surface area contributed by atoms with E-state index < -0.39 is 0 Å². The minimum Gasteiger partial charge on any atom is -0.391 e. The molecule has 1 aromatic rings. The first-order chi connectivity index (χ1) is 10.2. The first-order valence-electron chi connectivity index (χ1n) is 7.87. The molecule has 1 aliphatic carbocycles. The zero-order valence-corrected chi connectivity index (χ0v) is 12.6. The van der Waals surface area contributed by atoms with Crippen molar-refractivity contribution in [3.63, 3.8) is 0 Å². The third kappa shape index (κ3) is 2.41. The molecule has 0 amide bonds. The van der Waals surface area contributed by atoms with Gasteiger partial charge in [-0.2, -0.15) is 0 Å². The summed E-state index contributed by atoms with van der Waals surface area (Å²) < 4.78 is 6.01. The molecule has 2 bridgehead atoms. The normalized spacial score (nSPS) is 34.6. The number of hydrogen-bond donors (Lipinski definition) is 2. The molecule has 4 atom stereocenters. The topological polar surface area (TPSA) is 67.3 Å². The minimum absolute atomic E-state index is 0.0532. The van der Waals surface area contributed by atoms with Crippen molar-refractivity contribution in [1.82, 2.24) is 10.2 Å². The standard InChI is InChI=1S/C15H20ClN3O2/c16-14-9-7-8-5-6-12(21-8)13(9)15(19-18-14)17-10-3-1-2-4-11(10)20/h8,10-12,20H,1-7H2,(H,17,19)/t8-,10+,11+,12+/m0/s1. The van der Waals surface area contributed by atoms with Gasteiger partial charge in [-0.3, -0.25) is 0 Å². The highest BCUT2D eigenvalue weighted by Gasteiger charge is 2.38. The smallest absolute Gasteiger partial charge is 0.155 e. The quantitative estimate of drug-likeness (QED) is 0.879. The van der Waals surface area contributed by atoms with Gasteiger partial charge in [0.15, 0.2) is 11.0 Å². The van der Waals surface area contributed by atoms with Gasteiger partial charge in [-0.25, -0.2) is 0 Å². The summed E-state index contributed by atoms with van der Waals surface area (Å²) in [7, 11) is 0. The van der Waals surface area contributed by atoms with Gasteiger partial charge >= 0.3 is 0 Å². The van der Waals surface area contributed by atoms with E-state index in [2.05, 4.69) is 15.5 Å². The summed E-state index contributed by atoms with van der Waals surface area (Å²) in [6, 6.07) is 0.0532. The van der Waals surface area contributed by atoms with Crippen molar-refractivity contribution in [2.45, 2.75) is 69.3 Å². The Morgan fingerprint density at radius 2 is 2.00 bits per heavy atom. The summed E-state index contributed by atoms with van der Waals surface area (Å²) in [5, 5.41) is 22.4. The first kappa shape index (κ1) is 13.7. The number of rotatable bonds is 2. The Morgan fingerprint density at radius 1 is 1.14 bits per heavy atom. The number of aromatic nitrogens is 2. The highest BCUT2D eigenvalue weighted by Crippen LogP contribution is 2.45. The number of anilines is 1. The predicted octanol–water partition coefficient (Wildman–Crippen LogP) is 2.62. The van der Waals surface area contributed by atoms with Crippen LogP contribution >= 0.6 is 11.6 Å². The zero-order valence-electron chi connectivity index (χ0n) is 11.9. The molecular formula is C15H20ClN3O2. The molecule has 0 unspecified atom stereocenters. The van der Waals surface area contributed by atoms with Crippen LogP contribution in [0, 0.1) is 0 Å². The highest BCUT2D eigenvalue weighted by molar-refractivity contribution is 6.30. The van der Waals surface area contributed by atoms with Gasteiger partial charge in [0, 0.05) is 17.5 Å². The molecule has 5 nitrogen and oxygen atoms in total. The molecule has 3 heterocycles. The van der Waals surface area contributed by atoms with Crippen molar-refractivity contribution in [1.29, 1.82) is 0 Å². The largest absolute Gasteiger partial charge is 0.391 e. The number of hydrogen-bond acceptors (Lipinski definition) is 5. The maximum absolute atomic E-state index is 10.2. The minimum atomic E-state index is -0.312. The van der Waals surface area contributed by atoms with E-state index >= 15 is 0 Å². The molecule has 21 heavy (non-hydrogen) atoms. The zero-order chi connectivity index (χ0) is 14.4. The van der Waals surface area contributed by atoms with Crippen molar-refractivity contribution in [2.24, 2.45) is 0 Å². The lowest BCUT2D eigenvalue weighted by Crippen LogP contribution is -2.37. The van der Waals surface area contributed by atoms with Crippen LogP contribution in [0.15, 0.2) is 0 Å². The summed E-state index contributed by atoms with van der Waals surface area (Å²) in [4.78, 5) is 0. The fraction of sp³-hybridized carbons (Fsp3) is 0.733. The second-order valence-corrected chi connectivity index (χ2v) is 6.72. The fourth-order valence-corrected chi connectivity index (χ4v) is 4.08. The lowest BCUT2D eigenvalue weighted by Gasteiger charge is -2.31. The Bertz CT molecular complexity index is 554. The fourth-order valence-electron chi connectivity index (χ4n) is 3.86. The van der Waals surface area contributed by atoms with E-state index in [1.807, 2.05) is 0 Å². The number of nitrogens with zero attached hydrogens (tertiary/aromatic N) is 2. The van der Waals surface area contributed by atoms with Gasteiger partial charge in [-0.05, 0) is 25.7 Å². The average Bonchev–Trinajstić information content (AvgIpc) is 2.86. The van der Waals surface area contributed by atoms with E-state index in [0.29, 0.717) is 5.15 Å². The van der Waals surface area contributed by atoms with Gasteiger partial charge in [0.25, 0.3) is 0 Å². The lowest BCUT2D eigenvalue weighted by atomic mass is 9.92. The molecule has 4 rings (SSSR count). The maximum atomic E-state index is 10.2. The summed E-state index contributed by atoms with van der Waals surface area (Å²) in [5.74, 6) is 0.755. The van der Waals surface area contributed by atoms with E-state index in [-0.39, 0.29) is 24.4 Å². The molecule has 1 saturated carbocycles. The van der Waals surface area contributed by atoms with Crippen molar-refractivity contribution in [3.05, 3.63) is 16.3 Å². The van der Waals surface area contributed by atoms with Crippen LogP contribution in [0.4, 0.5) is 5.82 Å². The molecule has 2 fully saturated rings. The van der Waals surface area contributed by atoms with Crippen LogP contribution in [-0.2, 0) is 11.2 Å². The number of aliphatic hydroxyl groups is 1. The van der Waals surface area contributed by atoms with Gasteiger partial charge in [0.1, 0.15) is 0 Å². The number of nitrogens with one attached hydrogen (secondary N) is 1. The molecule has 1 saturated heterocycles. The third-order valence-electron chi connectivity index (χ3n) is 4.98. The Hall–Kier alpha value is -0.910. The molecule has 6 heteroatoms. The SMILES string of the molecule is O[C@@H]1CCCC[C@H]1Nc1nnc(Cl)c2c1[C@H]1CC[C@@H](C2)O1. The first-order valence-corrected chi connectivity index (χ1v) is 8.25. The molecule has 2 aliphatic heterocycles. The van der Waals surface area contributed by atoms with Crippen LogP contribution in [0.1, 0.15) is 55.8 Å². The Morgan fingerprint density at radius 3 is 2.86 bits per heavy atom. The van der Waals surface area contributed by atoms with Crippen molar-refractivity contribution < 1.29 is 9.84 Å². The molecule has 1 aromatic heterocycles. The Labute approximate surface area is 129 Å². The molecule has 0 spiro atoms. The van der Waals surface area contributed by atoms with Crippen molar-refractivity contribution >= 4 is 17.4 Å².